The van der Waals surface area contributed by atoms with E-state index in [-0.39, 0.29) is 17.0 Å². The number of halogens is 4. The molecular formula is C23H31F4N3O2. The highest BCUT2D eigenvalue weighted by Gasteiger charge is 2.54. The van der Waals surface area contributed by atoms with Gasteiger partial charge >= 0.3 is 6.18 Å². The molecule has 1 aromatic rings. The van der Waals surface area contributed by atoms with Crippen molar-refractivity contribution in [1.29, 1.82) is 0 Å². The lowest BCUT2D eigenvalue weighted by atomic mass is 9.83. The van der Waals surface area contributed by atoms with Crippen LogP contribution in [-0.4, -0.2) is 49.7 Å². The van der Waals surface area contributed by atoms with Gasteiger partial charge in [-0.3, -0.25) is 0 Å². The summed E-state index contributed by atoms with van der Waals surface area (Å²) in [5.74, 6) is -0.757. The van der Waals surface area contributed by atoms with Gasteiger partial charge in [-0.25, -0.2) is 9.38 Å². The van der Waals surface area contributed by atoms with Crippen molar-refractivity contribution in [2.75, 3.05) is 21.2 Å². The molecule has 2 unspecified atom stereocenters. The zero-order chi connectivity index (χ0) is 24.7. The second-order valence-electron chi connectivity index (χ2n) is 7.76. The molecule has 0 saturated carbocycles. The van der Waals surface area contributed by atoms with Crippen LogP contribution in [0.1, 0.15) is 38.2 Å². The molecule has 32 heavy (non-hydrogen) atoms. The Morgan fingerprint density at radius 3 is 2.41 bits per heavy atom. The lowest BCUT2D eigenvalue weighted by molar-refractivity contribution is -0.263. The monoisotopic (exact) mass is 457 g/mol. The first kappa shape index (κ1) is 27.2. The van der Waals surface area contributed by atoms with Crippen LogP contribution in [0, 0.1) is 5.82 Å². The van der Waals surface area contributed by atoms with Crippen molar-refractivity contribution in [3.8, 4) is 5.75 Å². The van der Waals surface area contributed by atoms with E-state index in [1.807, 2.05) is 0 Å². The van der Waals surface area contributed by atoms with Crippen molar-refractivity contribution in [3.63, 3.8) is 0 Å². The number of benzene rings is 1. The summed E-state index contributed by atoms with van der Waals surface area (Å²) in [6.45, 7) is 6.62. The molecule has 9 heteroatoms. The lowest BCUT2D eigenvalue weighted by Crippen LogP contribution is -2.47. The van der Waals surface area contributed by atoms with Crippen molar-refractivity contribution in [3.05, 3.63) is 64.9 Å². The third kappa shape index (κ3) is 7.12. The Morgan fingerprint density at radius 1 is 1.31 bits per heavy atom. The third-order valence-electron chi connectivity index (χ3n) is 4.99. The molecule has 0 spiro atoms. The van der Waals surface area contributed by atoms with Crippen LogP contribution in [0.15, 0.2) is 58.5 Å². The number of alkyl halides is 3. The summed E-state index contributed by atoms with van der Waals surface area (Å²) >= 11 is 0. The van der Waals surface area contributed by atoms with Crippen LogP contribution < -0.4 is 10.5 Å². The lowest BCUT2D eigenvalue weighted by Gasteiger charge is -2.33. The maximum Gasteiger partial charge on any atom is 0.417 e. The Balaban J connectivity index is 3.27. The Labute approximate surface area is 186 Å². The van der Waals surface area contributed by atoms with E-state index in [2.05, 4.69) is 11.7 Å². The number of hydrogen-bond donors (Lipinski definition) is 2. The average Bonchev–Trinajstić information content (AvgIpc) is 2.69. The molecule has 0 aliphatic rings. The number of methoxy groups -OCH3 is 1. The predicted octanol–water partition coefficient (Wildman–Crippen LogP) is 4.90. The maximum absolute atomic E-state index is 13.9. The zero-order valence-electron chi connectivity index (χ0n) is 19.0. The SMILES string of the molecule is C=N\C(=C/C(=C\C)/C=C(\N)CC(O)(CC(C)c1cc(F)ccc1OC)C(F)(F)F)N(C)C. The molecule has 0 saturated heterocycles. The Bertz CT molecular complexity index is 892. The maximum atomic E-state index is 13.9. The highest BCUT2D eigenvalue weighted by Crippen LogP contribution is 2.43. The summed E-state index contributed by atoms with van der Waals surface area (Å²) in [6.07, 6.45) is -1.96. The smallest absolute Gasteiger partial charge is 0.417 e. The van der Waals surface area contributed by atoms with Crippen molar-refractivity contribution in [1.82, 2.24) is 4.90 Å². The van der Waals surface area contributed by atoms with E-state index < -0.39 is 36.4 Å². The number of rotatable bonds is 10. The Morgan fingerprint density at radius 2 is 1.94 bits per heavy atom. The number of ether oxygens (including phenoxy) is 1. The minimum Gasteiger partial charge on any atom is -0.496 e. The van der Waals surface area contributed by atoms with Crippen LogP contribution in [0.4, 0.5) is 17.6 Å². The number of allylic oxidation sites excluding steroid dienone is 4. The quantitative estimate of drug-likeness (QED) is 0.298. The van der Waals surface area contributed by atoms with E-state index in [4.69, 9.17) is 10.5 Å². The first-order valence-corrected chi connectivity index (χ1v) is 9.88. The van der Waals surface area contributed by atoms with Gasteiger partial charge in [0, 0.05) is 26.2 Å². The van der Waals surface area contributed by atoms with Crippen LogP contribution in [0.5, 0.6) is 5.75 Å². The fourth-order valence-corrected chi connectivity index (χ4v) is 3.27. The average molecular weight is 458 g/mol. The third-order valence-corrected chi connectivity index (χ3v) is 4.99. The van der Waals surface area contributed by atoms with Crippen LogP contribution in [0.2, 0.25) is 0 Å². The molecule has 3 N–H and O–H groups in total. The first-order valence-electron chi connectivity index (χ1n) is 9.88. The minimum absolute atomic E-state index is 0.172. The van der Waals surface area contributed by atoms with Crippen molar-refractivity contribution in [2.45, 2.75) is 44.4 Å². The molecule has 0 fully saturated rings. The molecule has 1 rings (SSSR count). The van der Waals surface area contributed by atoms with Gasteiger partial charge in [0.15, 0.2) is 5.60 Å². The van der Waals surface area contributed by atoms with Gasteiger partial charge in [-0.1, -0.05) is 13.0 Å². The van der Waals surface area contributed by atoms with E-state index in [1.54, 1.807) is 38.1 Å². The van der Waals surface area contributed by atoms with Crippen LogP contribution in [-0.2, 0) is 0 Å². The van der Waals surface area contributed by atoms with Gasteiger partial charge in [0.25, 0.3) is 0 Å². The molecule has 0 amide bonds. The second kappa shape index (κ2) is 11.2. The molecule has 0 aromatic heterocycles. The highest BCUT2D eigenvalue weighted by molar-refractivity contribution is 5.39. The molecular weight excluding hydrogens is 426 g/mol. The number of nitrogens with two attached hydrogens (primary N) is 1. The zero-order valence-corrected chi connectivity index (χ0v) is 19.0. The second-order valence-corrected chi connectivity index (χ2v) is 7.76. The standard InChI is InChI=1S/C23H31F4N3O2/c1-7-16(11-21(29-3)30(4)5)10-18(28)14-22(31,23(25,26)27)13-15(2)19-12-17(24)8-9-20(19)32-6/h7-12,15,31H,3,13-14,28H2,1-2,4-6H3/b16-7-,18-10-,21-11+. The Hall–Kier alpha value is -2.81. The van der Waals surface area contributed by atoms with E-state index in [0.29, 0.717) is 11.4 Å². The predicted molar refractivity (Wildman–Crippen MR) is 119 cm³/mol. The summed E-state index contributed by atoms with van der Waals surface area (Å²) in [7, 11) is 4.82. The van der Waals surface area contributed by atoms with Gasteiger partial charge in [-0.2, -0.15) is 13.2 Å². The summed E-state index contributed by atoms with van der Waals surface area (Å²) in [5.41, 5.74) is 3.33. The van der Waals surface area contributed by atoms with Crippen LogP contribution >= 0.6 is 0 Å². The molecule has 178 valence electrons. The topological polar surface area (TPSA) is 71.1 Å². The molecule has 0 bridgehead atoms. The molecule has 0 heterocycles. The van der Waals surface area contributed by atoms with Crippen molar-refractivity contribution in [2.24, 2.45) is 10.7 Å². The molecule has 1 aromatic carbocycles. The summed E-state index contributed by atoms with van der Waals surface area (Å²) < 4.78 is 60.5. The number of aliphatic hydroxyl groups is 1. The highest BCUT2D eigenvalue weighted by atomic mass is 19.4. The van der Waals surface area contributed by atoms with Gasteiger partial charge in [-0.15, -0.1) is 0 Å². The van der Waals surface area contributed by atoms with E-state index >= 15 is 0 Å². The number of nitrogens with zero attached hydrogens (tertiary/aromatic N) is 2. The fraction of sp³-hybridized carbons (Fsp3) is 0.435. The summed E-state index contributed by atoms with van der Waals surface area (Å²) in [4.78, 5) is 5.53. The molecule has 5 nitrogen and oxygen atoms in total. The van der Waals surface area contributed by atoms with Gasteiger partial charge < -0.3 is 20.5 Å². The molecule has 0 aliphatic heterocycles. The van der Waals surface area contributed by atoms with E-state index in [0.717, 1.165) is 12.1 Å². The van der Waals surface area contributed by atoms with Crippen molar-refractivity contribution < 1.29 is 27.4 Å². The number of hydrogen-bond acceptors (Lipinski definition) is 5. The van der Waals surface area contributed by atoms with Crippen LogP contribution in [0.25, 0.3) is 0 Å². The molecule has 0 radical (unpaired) electrons. The van der Waals surface area contributed by atoms with Gasteiger partial charge in [-0.05, 0) is 67.5 Å². The van der Waals surface area contributed by atoms with Crippen LogP contribution in [0.3, 0.4) is 0 Å². The van der Waals surface area contributed by atoms with Crippen molar-refractivity contribution >= 4 is 6.72 Å². The fourth-order valence-electron chi connectivity index (χ4n) is 3.27. The summed E-state index contributed by atoms with van der Waals surface area (Å²) in [5, 5.41) is 10.6. The molecule has 2 atom stereocenters. The summed E-state index contributed by atoms with van der Waals surface area (Å²) in [6, 6.07) is 3.59. The van der Waals surface area contributed by atoms with Gasteiger partial charge in [0.1, 0.15) is 17.4 Å². The normalized spacial score (nSPS) is 16.4. The van der Waals surface area contributed by atoms with E-state index in [1.165, 1.54) is 26.2 Å². The first-order chi connectivity index (χ1) is 14.8. The van der Waals surface area contributed by atoms with Gasteiger partial charge in [0.05, 0.1) is 7.11 Å². The van der Waals surface area contributed by atoms with E-state index in [9.17, 15) is 22.7 Å². The number of aliphatic imine (C=N–C) groups is 1. The van der Waals surface area contributed by atoms with Gasteiger partial charge in [0.2, 0.25) is 0 Å². The minimum atomic E-state index is -4.97. The largest absolute Gasteiger partial charge is 0.496 e. The Kier molecular flexibility index (Phi) is 9.51. The molecule has 0 aliphatic carbocycles.